The molecule has 1 atom stereocenters. The molecule has 2 aromatic rings. The van der Waals surface area contributed by atoms with Crippen LogP contribution in [0.25, 0.3) is 0 Å². The maximum absolute atomic E-state index is 13.1. The molecule has 0 saturated heterocycles. The van der Waals surface area contributed by atoms with Crippen molar-refractivity contribution in [3.8, 4) is 6.07 Å². The number of carboxylic acid groups (broad SMARTS) is 1. The van der Waals surface area contributed by atoms with Gasteiger partial charge in [-0.05, 0) is 36.2 Å². The highest BCUT2D eigenvalue weighted by Gasteiger charge is 2.24. The number of hydrogen-bond acceptors (Lipinski definition) is 4. The molecule has 0 aliphatic rings. The van der Waals surface area contributed by atoms with E-state index in [-0.39, 0.29) is 23.3 Å². The molecule has 0 aliphatic carbocycles. The first-order valence-corrected chi connectivity index (χ1v) is 8.80. The van der Waals surface area contributed by atoms with Crippen molar-refractivity contribution in [3.05, 3.63) is 65.5 Å². The van der Waals surface area contributed by atoms with Crippen LogP contribution in [0.3, 0.4) is 0 Å². The minimum absolute atomic E-state index is 0.0189. The minimum atomic E-state index is -4.07. The van der Waals surface area contributed by atoms with Crippen molar-refractivity contribution < 1.29 is 22.7 Å². The first-order valence-electron chi connectivity index (χ1n) is 7.32. The first-order chi connectivity index (χ1) is 11.8. The largest absolute Gasteiger partial charge is 0.481 e. The number of carboxylic acids is 1. The minimum Gasteiger partial charge on any atom is -0.481 e. The molecule has 2 aromatic carbocycles. The average molecular weight is 362 g/mol. The predicted octanol–water partition coefficient (Wildman–Crippen LogP) is 2.58. The number of benzene rings is 2. The highest BCUT2D eigenvalue weighted by Crippen LogP contribution is 2.23. The average Bonchev–Trinajstić information content (AvgIpc) is 2.59. The predicted molar refractivity (Wildman–Crippen MR) is 87.5 cm³/mol. The van der Waals surface area contributed by atoms with Crippen LogP contribution in [0, 0.1) is 17.1 Å². The fourth-order valence-corrected chi connectivity index (χ4v) is 3.72. The van der Waals surface area contributed by atoms with E-state index in [4.69, 9.17) is 10.4 Å². The highest BCUT2D eigenvalue weighted by atomic mass is 32.2. The summed E-state index contributed by atoms with van der Waals surface area (Å²) in [6.45, 7) is 0. The fourth-order valence-electron chi connectivity index (χ4n) is 2.30. The van der Waals surface area contributed by atoms with Gasteiger partial charge in [-0.2, -0.15) is 5.26 Å². The zero-order valence-electron chi connectivity index (χ0n) is 13.0. The summed E-state index contributed by atoms with van der Waals surface area (Å²) < 4.78 is 40.8. The third kappa shape index (κ3) is 4.86. The summed E-state index contributed by atoms with van der Waals surface area (Å²) in [5.74, 6) is -1.57. The SMILES string of the molecule is N#Cc1ccccc1S(=O)(=O)NC(CCC(=O)O)c1ccc(F)cc1. The van der Waals surface area contributed by atoms with Gasteiger partial charge in [-0.1, -0.05) is 24.3 Å². The van der Waals surface area contributed by atoms with E-state index < -0.39 is 27.9 Å². The van der Waals surface area contributed by atoms with Crippen LogP contribution in [-0.2, 0) is 14.8 Å². The van der Waals surface area contributed by atoms with E-state index in [2.05, 4.69) is 4.72 Å². The van der Waals surface area contributed by atoms with Gasteiger partial charge in [0.2, 0.25) is 10.0 Å². The summed E-state index contributed by atoms with van der Waals surface area (Å²) in [5, 5.41) is 17.9. The van der Waals surface area contributed by atoms with Crippen LogP contribution in [0.5, 0.6) is 0 Å². The van der Waals surface area contributed by atoms with Gasteiger partial charge in [-0.15, -0.1) is 0 Å². The van der Waals surface area contributed by atoms with E-state index in [0.29, 0.717) is 5.56 Å². The summed E-state index contributed by atoms with van der Waals surface area (Å²) in [4.78, 5) is 10.7. The number of sulfonamides is 1. The van der Waals surface area contributed by atoms with Crippen LogP contribution in [0.4, 0.5) is 4.39 Å². The molecule has 0 amide bonds. The van der Waals surface area contributed by atoms with E-state index in [1.807, 2.05) is 6.07 Å². The Labute approximate surface area is 144 Å². The molecule has 2 rings (SSSR count). The number of nitriles is 1. The number of halogens is 1. The Morgan fingerprint density at radius 3 is 2.44 bits per heavy atom. The normalized spacial score (nSPS) is 12.3. The van der Waals surface area contributed by atoms with E-state index in [0.717, 1.165) is 0 Å². The van der Waals surface area contributed by atoms with Gasteiger partial charge in [0, 0.05) is 12.5 Å². The molecule has 0 spiro atoms. The second-order valence-corrected chi connectivity index (χ2v) is 6.95. The lowest BCUT2D eigenvalue weighted by molar-refractivity contribution is -0.137. The van der Waals surface area contributed by atoms with Crippen molar-refractivity contribution in [2.45, 2.75) is 23.8 Å². The van der Waals surface area contributed by atoms with Gasteiger partial charge in [0.15, 0.2) is 0 Å². The molecular formula is C17H15FN2O4S. The van der Waals surface area contributed by atoms with Crippen molar-refractivity contribution >= 4 is 16.0 Å². The lowest BCUT2D eigenvalue weighted by Crippen LogP contribution is -2.29. The van der Waals surface area contributed by atoms with Crippen LogP contribution in [0.2, 0.25) is 0 Å². The second-order valence-electron chi connectivity index (χ2n) is 5.27. The van der Waals surface area contributed by atoms with Gasteiger partial charge in [0.1, 0.15) is 11.9 Å². The summed E-state index contributed by atoms with van der Waals surface area (Å²) in [5.41, 5.74) is 0.409. The number of hydrogen-bond donors (Lipinski definition) is 2. The van der Waals surface area contributed by atoms with Crippen LogP contribution in [0.15, 0.2) is 53.4 Å². The molecule has 8 heteroatoms. The molecule has 0 saturated carbocycles. The van der Waals surface area contributed by atoms with Gasteiger partial charge in [0.25, 0.3) is 0 Å². The Bertz CT molecular complexity index is 905. The van der Waals surface area contributed by atoms with Crippen molar-refractivity contribution in [3.63, 3.8) is 0 Å². The fraction of sp³-hybridized carbons (Fsp3) is 0.176. The van der Waals surface area contributed by atoms with Gasteiger partial charge < -0.3 is 5.11 Å². The van der Waals surface area contributed by atoms with E-state index in [1.54, 1.807) is 6.07 Å². The molecule has 0 fully saturated rings. The molecule has 130 valence electrons. The van der Waals surface area contributed by atoms with Crippen molar-refractivity contribution in [1.29, 1.82) is 5.26 Å². The molecule has 6 nitrogen and oxygen atoms in total. The summed E-state index contributed by atoms with van der Waals surface area (Å²) in [6, 6.07) is 11.7. The number of carbonyl (C=O) groups is 1. The molecule has 0 heterocycles. The van der Waals surface area contributed by atoms with E-state index in [9.17, 15) is 17.6 Å². The number of nitrogens with one attached hydrogen (secondary N) is 1. The topological polar surface area (TPSA) is 107 Å². The Kier molecular flexibility index (Phi) is 5.85. The Balaban J connectivity index is 2.36. The highest BCUT2D eigenvalue weighted by molar-refractivity contribution is 7.89. The quantitative estimate of drug-likeness (QED) is 0.787. The Morgan fingerprint density at radius 2 is 1.84 bits per heavy atom. The zero-order chi connectivity index (χ0) is 18.4. The molecule has 0 aliphatic heterocycles. The van der Waals surface area contributed by atoms with Crippen LogP contribution in [0.1, 0.15) is 30.0 Å². The van der Waals surface area contributed by atoms with E-state index in [1.165, 1.54) is 42.5 Å². The number of nitrogens with zero attached hydrogens (tertiary/aromatic N) is 1. The van der Waals surface area contributed by atoms with Crippen LogP contribution >= 0.6 is 0 Å². The van der Waals surface area contributed by atoms with Crippen molar-refractivity contribution in [2.75, 3.05) is 0 Å². The smallest absolute Gasteiger partial charge is 0.303 e. The first kappa shape index (κ1) is 18.6. The Hall–Kier alpha value is -2.76. The third-order valence-corrected chi connectivity index (χ3v) is 5.04. The standard InChI is InChI=1S/C17H15FN2O4S/c18-14-7-5-12(6-8-14)15(9-10-17(21)22)20-25(23,24)16-4-2-1-3-13(16)11-19/h1-8,15,20H,9-10H2,(H,21,22). The van der Waals surface area contributed by atoms with Crippen molar-refractivity contribution in [1.82, 2.24) is 4.72 Å². The van der Waals surface area contributed by atoms with Gasteiger partial charge in [-0.3, -0.25) is 4.79 Å². The van der Waals surface area contributed by atoms with Crippen LogP contribution < -0.4 is 4.72 Å². The van der Waals surface area contributed by atoms with Crippen molar-refractivity contribution in [2.24, 2.45) is 0 Å². The molecule has 0 bridgehead atoms. The number of aliphatic carboxylic acids is 1. The van der Waals surface area contributed by atoms with Gasteiger partial charge in [0.05, 0.1) is 10.5 Å². The van der Waals surface area contributed by atoms with Crippen LogP contribution in [-0.4, -0.2) is 19.5 Å². The third-order valence-electron chi connectivity index (χ3n) is 3.51. The summed E-state index contributed by atoms with van der Waals surface area (Å²) in [7, 11) is -4.07. The molecule has 25 heavy (non-hydrogen) atoms. The molecule has 1 unspecified atom stereocenters. The number of rotatable bonds is 7. The van der Waals surface area contributed by atoms with Gasteiger partial charge in [-0.25, -0.2) is 17.5 Å². The lowest BCUT2D eigenvalue weighted by atomic mass is 10.0. The summed E-state index contributed by atoms with van der Waals surface area (Å²) in [6.07, 6.45) is -0.292. The molecule has 2 N–H and O–H groups in total. The lowest BCUT2D eigenvalue weighted by Gasteiger charge is -2.19. The second kappa shape index (κ2) is 7.88. The molecular weight excluding hydrogens is 347 g/mol. The maximum Gasteiger partial charge on any atom is 0.303 e. The maximum atomic E-state index is 13.1. The van der Waals surface area contributed by atoms with E-state index >= 15 is 0 Å². The monoisotopic (exact) mass is 362 g/mol. The molecule has 0 radical (unpaired) electrons. The summed E-state index contributed by atoms with van der Waals surface area (Å²) >= 11 is 0. The van der Waals surface area contributed by atoms with Gasteiger partial charge >= 0.3 is 5.97 Å². The Morgan fingerprint density at radius 1 is 1.20 bits per heavy atom. The molecule has 0 aromatic heterocycles. The zero-order valence-corrected chi connectivity index (χ0v) is 13.8.